The molecule has 0 aliphatic carbocycles. The molecule has 0 amide bonds. The molecule has 0 radical (unpaired) electrons. The first-order chi connectivity index (χ1) is 10.6. The van der Waals surface area contributed by atoms with Crippen LogP contribution in [0.25, 0.3) is 11.1 Å². The van der Waals surface area contributed by atoms with Crippen molar-refractivity contribution in [1.29, 1.82) is 0 Å². The summed E-state index contributed by atoms with van der Waals surface area (Å²) in [7, 11) is -3.68. The molecule has 5 nitrogen and oxygen atoms in total. The second-order valence-electron chi connectivity index (χ2n) is 6.23. The van der Waals surface area contributed by atoms with E-state index in [1.165, 1.54) is 18.2 Å². The number of sulfonamides is 1. The highest BCUT2D eigenvalue weighted by Gasteiger charge is 2.22. The fourth-order valence-electron chi connectivity index (χ4n) is 2.21. The highest BCUT2D eigenvalue weighted by molar-refractivity contribution is 7.89. The zero-order chi connectivity index (χ0) is 17.3. The molecule has 0 heterocycles. The molecule has 0 aliphatic rings. The van der Waals surface area contributed by atoms with Crippen molar-refractivity contribution in [3.05, 3.63) is 54.1 Å². The van der Waals surface area contributed by atoms with Gasteiger partial charge in [0.05, 0.1) is 10.5 Å². The molecule has 0 atom stereocenters. The van der Waals surface area contributed by atoms with Gasteiger partial charge in [0.2, 0.25) is 10.0 Å². The van der Waals surface area contributed by atoms with Crippen LogP contribution in [-0.4, -0.2) is 25.0 Å². The van der Waals surface area contributed by atoms with Crippen LogP contribution in [0.4, 0.5) is 0 Å². The quantitative estimate of drug-likeness (QED) is 0.900. The van der Waals surface area contributed by atoms with Gasteiger partial charge in [-0.1, -0.05) is 30.3 Å². The van der Waals surface area contributed by atoms with Crippen molar-refractivity contribution in [1.82, 2.24) is 4.72 Å². The summed E-state index contributed by atoms with van der Waals surface area (Å²) in [6.07, 6.45) is 0. The summed E-state index contributed by atoms with van der Waals surface area (Å²) in [5.74, 6) is -1.05. The van der Waals surface area contributed by atoms with E-state index in [0.717, 1.165) is 0 Å². The van der Waals surface area contributed by atoms with Crippen LogP contribution in [0.3, 0.4) is 0 Å². The number of nitrogens with one attached hydrogen (secondary N) is 1. The first-order valence-electron chi connectivity index (χ1n) is 7.07. The van der Waals surface area contributed by atoms with Crippen LogP contribution in [0.5, 0.6) is 0 Å². The summed E-state index contributed by atoms with van der Waals surface area (Å²) in [6.45, 7) is 5.27. The number of rotatable bonds is 4. The molecule has 2 N–H and O–H groups in total. The third kappa shape index (κ3) is 4.18. The lowest BCUT2D eigenvalue weighted by Gasteiger charge is -2.20. The fourth-order valence-corrected chi connectivity index (χ4v) is 3.68. The molecule has 0 aliphatic heterocycles. The van der Waals surface area contributed by atoms with Gasteiger partial charge in [0, 0.05) is 5.54 Å². The maximum Gasteiger partial charge on any atom is 0.336 e. The van der Waals surface area contributed by atoms with Crippen molar-refractivity contribution in [3.8, 4) is 11.1 Å². The van der Waals surface area contributed by atoms with Crippen molar-refractivity contribution in [2.75, 3.05) is 0 Å². The monoisotopic (exact) mass is 333 g/mol. The van der Waals surface area contributed by atoms with E-state index < -0.39 is 21.5 Å². The third-order valence-electron chi connectivity index (χ3n) is 3.05. The SMILES string of the molecule is CC(C)(C)NS(=O)(=O)c1cccc(-c2ccccc2C(=O)O)c1. The lowest BCUT2D eigenvalue weighted by molar-refractivity contribution is 0.0697. The minimum Gasteiger partial charge on any atom is -0.478 e. The largest absolute Gasteiger partial charge is 0.478 e. The number of carboxylic acids is 1. The minimum absolute atomic E-state index is 0.102. The van der Waals surface area contributed by atoms with E-state index in [2.05, 4.69) is 4.72 Å². The molecule has 0 spiro atoms. The van der Waals surface area contributed by atoms with E-state index >= 15 is 0 Å². The summed E-state index contributed by atoms with van der Waals surface area (Å²) < 4.78 is 27.4. The second-order valence-corrected chi connectivity index (χ2v) is 7.92. The van der Waals surface area contributed by atoms with E-state index in [4.69, 9.17) is 0 Å². The van der Waals surface area contributed by atoms with Gasteiger partial charge in [-0.15, -0.1) is 0 Å². The van der Waals surface area contributed by atoms with Crippen LogP contribution in [0, 0.1) is 0 Å². The first-order valence-corrected chi connectivity index (χ1v) is 8.55. The topological polar surface area (TPSA) is 83.5 Å². The van der Waals surface area contributed by atoms with E-state index in [0.29, 0.717) is 11.1 Å². The van der Waals surface area contributed by atoms with Crippen LogP contribution >= 0.6 is 0 Å². The summed E-state index contributed by atoms with van der Waals surface area (Å²) in [5, 5.41) is 9.28. The van der Waals surface area contributed by atoms with Crippen LogP contribution < -0.4 is 4.72 Å². The van der Waals surface area contributed by atoms with Gasteiger partial charge < -0.3 is 5.11 Å². The number of hydrogen-bond donors (Lipinski definition) is 2. The van der Waals surface area contributed by atoms with Gasteiger partial charge in [-0.05, 0) is 50.1 Å². The highest BCUT2D eigenvalue weighted by atomic mass is 32.2. The van der Waals surface area contributed by atoms with Crippen LogP contribution in [-0.2, 0) is 10.0 Å². The molecule has 6 heteroatoms. The number of benzene rings is 2. The Hall–Kier alpha value is -2.18. The maximum absolute atomic E-state index is 12.4. The standard InChI is InChI=1S/C17H19NO4S/c1-17(2,3)18-23(21,22)13-8-6-7-12(11-13)14-9-4-5-10-15(14)16(19)20/h4-11,18H,1-3H3,(H,19,20). The molecule has 23 heavy (non-hydrogen) atoms. The Morgan fingerprint density at radius 3 is 2.30 bits per heavy atom. The normalized spacial score (nSPS) is 12.1. The van der Waals surface area contributed by atoms with E-state index in [1.807, 2.05) is 0 Å². The Bertz CT molecular complexity index is 836. The molecule has 0 saturated carbocycles. The van der Waals surface area contributed by atoms with E-state index in [9.17, 15) is 18.3 Å². The van der Waals surface area contributed by atoms with Gasteiger partial charge in [0.15, 0.2) is 0 Å². The zero-order valence-corrected chi connectivity index (χ0v) is 14.0. The summed E-state index contributed by atoms with van der Waals surface area (Å²) in [6, 6.07) is 12.8. The van der Waals surface area contributed by atoms with Gasteiger partial charge in [0.1, 0.15) is 0 Å². The predicted octanol–water partition coefficient (Wildman–Crippen LogP) is 3.13. The van der Waals surface area contributed by atoms with Crippen LogP contribution in [0.15, 0.2) is 53.4 Å². The Morgan fingerprint density at radius 2 is 1.70 bits per heavy atom. The summed E-state index contributed by atoms with van der Waals surface area (Å²) in [5.41, 5.74) is 0.548. The third-order valence-corrected chi connectivity index (χ3v) is 4.81. The predicted molar refractivity (Wildman–Crippen MR) is 88.9 cm³/mol. The lowest BCUT2D eigenvalue weighted by atomic mass is 10.00. The Balaban J connectivity index is 2.52. The number of aromatic carboxylic acids is 1. The minimum atomic E-state index is -3.68. The number of carbonyl (C=O) groups is 1. The fraction of sp³-hybridized carbons (Fsp3) is 0.235. The molecular weight excluding hydrogens is 314 g/mol. The average Bonchev–Trinajstić information content (AvgIpc) is 2.45. The van der Waals surface area contributed by atoms with Gasteiger partial charge in [-0.2, -0.15) is 0 Å². The second kappa shape index (κ2) is 6.14. The van der Waals surface area contributed by atoms with E-state index in [-0.39, 0.29) is 10.5 Å². The van der Waals surface area contributed by atoms with Crippen LogP contribution in [0.1, 0.15) is 31.1 Å². The van der Waals surface area contributed by atoms with Crippen LogP contribution in [0.2, 0.25) is 0 Å². The summed E-state index contributed by atoms with van der Waals surface area (Å²) >= 11 is 0. The van der Waals surface area contributed by atoms with Crippen molar-refractivity contribution in [3.63, 3.8) is 0 Å². The highest BCUT2D eigenvalue weighted by Crippen LogP contribution is 2.26. The average molecular weight is 333 g/mol. The van der Waals surface area contributed by atoms with Gasteiger partial charge >= 0.3 is 5.97 Å². The summed E-state index contributed by atoms with van der Waals surface area (Å²) in [4.78, 5) is 11.4. The van der Waals surface area contributed by atoms with Gasteiger partial charge in [-0.3, -0.25) is 0 Å². The van der Waals surface area contributed by atoms with E-state index in [1.54, 1.807) is 51.1 Å². The van der Waals surface area contributed by atoms with Crippen molar-refractivity contribution < 1.29 is 18.3 Å². The maximum atomic E-state index is 12.4. The molecule has 0 unspecified atom stereocenters. The number of carboxylic acid groups (broad SMARTS) is 1. The Kier molecular flexibility index (Phi) is 4.58. The first kappa shape index (κ1) is 17.2. The smallest absolute Gasteiger partial charge is 0.336 e. The van der Waals surface area contributed by atoms with Crippen molar-refractivity contribution in [2.45, 2.75) is 31.2 Å². The zero-order valence-electron chi connectivity index (χ0n) is 13.2. The van der Waals surface area contributed by atoms with Gasteiger partial charge in [0.25, 0.3) is 0 Å². The molecule has 0 fully saturated rings. The molecule has 2 rings (SSSR count). The number of hydrogen-bond acceptors (Lipinski definition) is 3. The Labute approximate surface area is 136 Å². The molecule has 0 aromatic heterocycles. The molecule has 0 bridgehead atoms. The molecule has 2 aromatic rings. The molecule has 2 aromatic carbocycles. The van der Waals surface area contributed by atoms with Gasteiger partial charge in [-0.25, -0.2) is 17.9 Å². The lowest BCUT2D eigenvalue weighted by Crippen LogP contribution is -2.40. The van der Waals surface area contributed by atoms with Crippen molar-refractivity contribution >= 4 is 16.0 Å². The molecular formula is C17H19NO4S. The molecule has 122 valence electrons. The van der Waals surface area contributed by atoms with Crippen molar-refractivity contribution in [2.24, 2.45) is 0 Å². The Morgan fingerprint density at radius 1 is 1.04 bits per heavy atom. The molecule has 0 saturated heterocycles.